The molecule has 1 aromatic carbocycles. The molecule has 0 bridgehead atoms. The molecule has 132 valence electrons. The summed E-state index contributed by atoms with van der Waals surface area (Å²) in [6, 6.07) is 7.88. The van der Waals surface area contributed by atoms with Gasteiger partial charge in [0.25, 0.3) is 5.91 Å². The molecule has 0 N–H and O–H groups in total. The van der Waals surface area contributed by atoms with E-state index in [1.165, 1.54) is 0 Å². The van der Waals surface area contributed by atoms with Crippen molar-refractivity contribution in [1.29, 1.82) is 0 Å². The number of hydrogen-bond acceptors (Lipinski definition) is 3. The third-order valence-electron chi connectivity index (χ3n) is 5.00. The largest absolute Gasteiger partial charge is 0.373 e. The second-order valence-corrected chi connectivity index (χ2v) is 8.46. The molecule has 0 radical (unpaired) electrons. The van der Waals surface area contributed by atoms with Gasteiger partial charge in [-0.15, -0.1) is 0 Å². The Labute approximate surface area is 158 Å². The molecule has 0 aromatic heterocycles. The van der Waals surface area contributed by atoms with Crippen LogP contribution in [0.1, 0.15) is 37.0 Å². The number of hydrogen-bond donors (Lipinski definition) is 0. The van der Waals surface area contributed by atoms with Gasteiger partial charge in [0.05, 0.1) is 12.2 Å². The van der Waals surface area contributed by atoms with Gasteiger partial charge >= 0.3 is 0 Å². The molecule has 2 atom stereocenters. The first-order valence-electron chi connectivity index (χ1n) is 8.94. The Morgan fingerprint density at radius 3 is 2.29 bits per heavy atom. The minimum Gasteiger partial charge on any atom is -0.373 e. The van der Waals surface area contributed by atoms with Crippen LogP contribution in [0.3, 0.4) is 0 Å². The van der Waals surface area contributed by atoms with Gasteiger partial charge in [-0.2, -0.15) is 0 Å². The molecule has 2 heterocycles. The number of amides is 1. The number of piperidine rings is 1. The number of rotatable bonds is 3. The van der Waals surface area contributed by atoms with E-state index in [4.69, 9.17) is 4.74 Å². The number of halogens is 1. The van der Waals surface area contributed by atoms with E-state index in [9.17, 15) is 4.79 Å². The number of carbonyl (C=O) groups excluding carboxylic acids is 1. The lowest BCUT2D eigenvalue weighted by Gasteiger charge is -2.39. The van der Waals surface area contributed by atoms with Gasteiger partial charge in [0, 0.05) is 41.9 Å². The topological polar surface area (TPSA) is 32.8 Å². The van der Waals surface area contributed by atoms with Crippen LogP contribution < -0.4 is 0 Å². The van der Waals surface area contributed by atoms with E-state index in [1.54, 1.807) is 0 Å². The molecule has 3 rings (SSSR count). The second kappa shape index (κ2) is 8.15. The zero-order chi connectivity index (χ0) is 17.1. The molecule has 2 aliphatic rings. The molecule has 1 aromatic rings. The maximum Gasteiger partial charge on any atom is 0.253 e. The first-order valence-corrected chi connectivity index (χ1v) is 10.0. The number of nitrogens with zero attached hydrogens (tertiary/aromatic N) is 2. The molecule has 2 saturated heterocycles. The van der Waals surface area contributed by atoms with Gasteiger partial charge in [-0.3, -0.25) is 9.69 Å². The summed E-state index contributed by atoms with van der Waals surface area (Å²) in [6.45, 7) is 9.29. The van der Waals surface area contributed by atoms with Gasteiger partial charge in [0.1, 0.15) is 0 Å². The first kappa shape index (κ1) is 18.1. The molecule has 5 heteroatoms. The molecule has 0 spiro atoms. The minimum atomic E-state index is 0.179. The highest BCUT2D eigenvalue weighted by Crippen LogP contribution is 2.22. The average molecular weight is 442 g/mol. The summed E-state index contributed by atoms with van der Waals surface area (Å²) in [5.74, 6) is 0.877. The fraction of sp³-hybridized carbons (Fsp3) is 0.632. The fourth-order valence-electron chi connectivity index (χ4n) is 3.89. The van der Waals surface area contributed by atoms with Gasteiger partial charge in [0.15, 0.2) is 0 Å². The smallest absolute Gasteiger partial charge is 0.253 e. The summed E-state index contributed by atoms with van der Waals surface area (Å²) in [5.41, 5.74) is 0.810. The summed E-state index contributed by atoms with van der Waals surface area (Å²) < 4.78 is 6.98. The lowest BCUT2D eigenvalue weighted by molar-refractivity contribution is -0.0728. The summed E-state index contributed by atoms with van der Waals surface area (Å²) in [7, 11) is 0. The Hall–Kier alpha value is -0.660. The van der Waals surface area contributed by atoms with Crippen molar-refractivity contribution in [1.82, 2.24) is 9.80 Å². The van der Waals surface area contributed by atoms with Crippen LogP contribution in [-0.4, -0.2) is 60.6 Å². The zero-order valence-corrected chi connectivity index (χ0v) is 16.7. The van der Waals surface area contributed by atoms with E-state index >= 15 is 0 Å². The van der Waals surface area contributed by atoms with Gasteiger partial charge < -0.3 is 9.64 Å². The Bertz CT molecular complexity index is 545. The Kier molecular flexibility index (Phi) is 6.16. The quantitative estimate of drug-likeness (QED) is 0.674. The molecular formula is C19H27IN2O2. The van der Waals surface area contributed by atoms with E-state index in [0.717, 1.165) is 54.7 Å². The highest BCUT2D eigenvalue weighted by molar-refractivity contribution is 14.1. The standard InChI is InChI=1S/C19H27IN2O2/c1-14-11-21(12-15(2)24-14)13-16-7-9-22(10-8-16)19(23)17-3-5-18(20)6-4-17/h3-6,14-16H,7-13H2,1-2H3. The van der Waals surface area contributed by atoms with Crippen molar-refractivity contribution in [3.8, 4) is 0 Å². The summed E-state index contributed by atoms with van der Waals surface area (Å²) in [5, 5.41) is 0. The molecule has 24 heavy (non-hydrogen) atoms. The van der Waals surface area contributed by atoms with Crippen LogP contribution >= 0.6 is 22.6 Å². The van der Waals surface area contributed by atoms with Gasteiger partial charge in [-0.1, -0.05) is 0 Å². The third-order valence-corrected chi connectivity index (χ3v) is 5.72. The minimum absolute atomic E-state index is 0.179. The fourth-order valence-corrected chi connectivity index (χ4v) is 4.25. The van der Waals surface area contributed by atoms with E-state index in [1.807, 2.05) is 29.2 Å². The highest BCUT2D eigenvalue weighted by Gasteiger charge is 2.28. The van der Waals surface area contributed by atoms with Crippen molar-refractivity contribution in [3.63, 3.8) is 0 Å². The number of carbonyl (C=O) groups is 1. The lowest BCUT2D eigenvalue weighted by Crippen LogP contribution is -2.48. The van der Waals surface area contributed by atoms with Crippen LogP contribution in [0.4, 0.5) is 0 Å². The molecule has 1 amide bonds. The predicted octanol–water partition coefficient (Wildman–Crippen LogP) is 3.25. The molecule has 4 nitrogen and oxygen atoms in total. The van der Waals surface area contributed by atoms with E-state index in [2.05, 4.69) is 41.3 Å². The van der Waals surface area contributed by atoms with Crippen molar-refractivity contribution < 1.29 is 9.53 Å². The molecule has 2 fully saturated rings. The summed E-state index contributed by atoms with van der Waals surface area (Å²) in [4.78, 5) is 17.1. The van der Waals surface area contributed by atoms with Gasteiger partial charge in [-0.25, -0.2) is 0 Å². The molecule has 0 saturated carbocycles. The van der Waals surface area contributed by atoms with Crippen molar-refractivity contribution in [2.24, 2.45) is 5.92 Å². The number of morpholine rings is 1. The zero-order valence-electron chi connectivity index (χ0n) is 14.6. The number of ether oxygens (including phenoxy) is 1. The van der Waals surface area contributed by atoms with E-state index in [-0.39, 0.29) is 5.91 Å². The van der Waals surface area contributed by atoms with Gasteiger partial charge in [0.2, 0.25) is 0 Å². The van der Waals surface area contributed by atoms with Crippen LogP contribution in [0.25, 0.3) is 0 Å². The van der Waals surface area contributed by atoms with Crippen molar-refractivity contribution in [2.75, 3.05) is 32.7 Å². The van der Waals surface area contributed by atoms with E-state index in [0.29, 0.717) is 18.1 Å². The number of benzene rings is 1. The predicted molar refractivity (Wildman–Crippen MR) is 104 cm³/mol. The van der Waals surface area contributed by atoms with Crippen LogP contribution in [0.15, 0.2) is 24.3 Å². The molecule has 2 aliphatic heterocycles. The Morgan fingerprint density at radius 2 is 1.71 bits per heavy atom. The molecule has 0 aliphatic carbocycles. The Balaban J connectivity index is 1.48. The SMILES string of the molecule is CC1CN(CC2CCN(C(=O)c3ccc(I)cc3)CC2)CC(C)O1. The second-order valence-electron chi connectivity index (χ2n) is 7.22. The third kappa shape index (κ3) is 4.70. The van der Waals surface area contributed by atoms with Crippen molar-refractivity contribution in [3.05, 3.63) is 33.4 Å². The summed E-state index contributed by atoms with van der Waals surface area (Å²) >= 11 is 2.27. The number of likely N-dealkylation sites (tertiary alicyclic amines) is 1. The van der Waals surface area contributed by atoms with Gasteiger partial charge in [-0.05, 0) is 79.5 Å². The van der Waals surface area contributed by atoms with E-state index < -0.39 is 0 Å². The van der Waals surface area contributed by atoms with Crippen LogP contribution in [0.2, 0.25) is 0 Å². The maximum absolute atomic E-state index is 12.6. The lowest BCUT2D eigenvalue weighted by atomic mass is 9.95. The van der Waals surface area contributed by atoms with Crippen molar-refractivity contribution in [2.45, 2.75) is 38.9 Å². The average Bonchev–Trinajstić information content (AvgIpc) is 2.55. The van der Waals surface area contributed by atoms with Crippen molar-refractivity contribution >= 4 is 28.5 Å². The summed E-state index contributed by atoms with van der Waals surface area (Å²) in [6.07, 6.45) is 2.87. The maximum atomic E-state index is 12.6. The monoisotopic (exact) mass is 442 g/mol. The Morgan fingerprint density at radius 1 is 1.12 bits per heavy atom. The van der Waals surface area contributed by atoms with Crippen LogP contribution in [0, 0.1) is 9.49 Å². The normalized spacial score (nSPS) is 26.5. The molecular weight excluding hydrogens is 415 g/mol. The first-order chi connectivity index (χ1) is 11.5. The molecule has 2 unspecified atom stereocenters. The highest BCUT2D eigenvalue weighted by atomic mass is 127. The van der Waals surface area contributed by atoms with Crippen LogP contribution in [0.5, 0.6) is 0 Å². The van der Waals surface area contributed by atoms with Crippen LogP contribution in [-0.2, 0) is 4.74 Å².